The van der Waals surface area contributed by atoms with Crippen molar-refractivity contribution >= 4 is 29.7 Å². The highest BCUT2D eigenvalue weighted by molar-refractivity contribution is 6.01. The third-order valence-electron chi connectivity index (χ3n) is 9.49. The summed E-state index contributed by atoms with van der Waals surface area (Å²) in [5.74, 6) is -3.99. The van der Waals surface area contributed by atoms with Gasteiger partial charge in [-0.2, -0.15) is 0 Å². The van der Waals surface area contributed by atoms with Crippen molar-refractivity contribution in [3.8, 4) is 5.75 Å². The van der Waals surface area contributed by atoms with E-state index < -0.39 is 54.2 Å². The number of nitrogens with one attached hydrogen (secondary N) is 1. The van der Waals surface area contributed by atoms with Crippen LogP contribution in [0.4, 0.5) is 4.79 Å². The highest BCUT2D eigenvalue weighted by Gasteiger charge is 2.28. The zero-order valence-electron chi connectivity index (χ0n) is 33.5. The van der Waals surface area contributed by atoms with Gasteiger partial charge in [0.05, 0.1) is 12.2 Å². The Hall–Kier alpha value is -5.07. The molecule has 3 amide bonds. The Balaban J connectivity index is 2.30. The molecule has 1 aromatic rings. The van der Waals surface area contributed by atoms with Crippen LogP contribution in [0.15, 0.2) is 91.4 Å². The molecule has 0 spiro atoms. The first-order valence-corrected chi connectivity index (χ1v) is 19.3. The van der Waals surface area contributed by atoms with Gasteiger partial charge in [-0.05, 0) is 69.9 Å². The molecule has 1 aromatic carbocycles. The number of aliphatic hydroxyl groups excluding tert-OH is 2. The number of amides is 3. The van der Waals surface area contributed by atoms with Gasteiger partial charge >= 0.3 is 18.0 Å². The normalized spacial score (nSPS) is 20.3. The molecule has 0 saturated carbocycles. The highest BCUT2D eigenvalue weighted by Crippen LogP contribution is 2.27. The first-order valence-electron chi connectivity index (χ1n) is 19.3. The van der Waals surface area contributed by atoms with Crippen LogP contribution in [0.3, 0.4) is 0 Å². The molecule has 7 atom stereocenters. The SMILES string of the molecule is CC=CC[C@H](C)[C@H](O)C[C@H](CC=CNC(=O)N(C=CC[C@H]1C[C@@H](O)[C@@H](C)CC=CCc2cccc(O)c2C(=O)O1)C(=O)C=CC=CCC)OC(=O)C(C)C(C)=O. The Kier molecular flexibility index (Phi) is 21.2. The van der Waals surface area contributed by atoms with Crippen LogP contribution in [0, 0.1) is 17.8 Å². The summed E-state index contributed by atoms with van der Waals surface area (Å²) in [5, 5.41) is 34.8. The molecule has 0 saturated heterocycles. The third-order valence-corrected chi connectivity index (χ3v) is 9.49. The molecule has 56 heavy (non-hydrogen) atoms. The van der Waals surface area contributed by atoms with Crippen molar-refractivity contribution in [1.82, 2.24) is 10.2 Å². The standard InChI is InChI=1S/C44H60N2O10/c1-7-9-11-12-25-40(51)46(44(54)45-26-16-22-35(55-42(52)32(5)33(6)47)28-38(49)30(3)18-10-8-2)27-17-23-36-29-39(50)31(4)19-13-14-20-34-21-15-24-37(48)41(34)43(53)56-36/h8-17,21,24-27,30-32,35-36,38-39,48-50H,7,18-20,22-23,28-29H2,1-6H3,(H,45,54)/t30-,31-,32?,35-,36-,38+,39+/m0/s1. The number of carbonyl (C=O) groups is 5. The molecular formula is C44H60N2O10. The average molecular weight is 777 g/mol. The minimum Gasteiger partial charge on any atom is -0.507 e. The number of Topliss-reactive ketones (excluding diaryl/α,β-unsaturated/α-hetero) is 1. The molecule has 0 bridgehead atoms. The van der Waals surface area contributed by atoms with Gasteiger partial charge in [-0.3, -0.25) is 14.4 Å². The quantitative estimate of drug-likeness (QED) is 0.0417. The Morgan fingerprint density at radius 3 is 2.52 bits per heavy atom. The van der Waals surface area contributed by atoms with E-state index in [1.807, 2.05) is 58.1 Å². The first-order chi connectivity index (χ1) is 26.7. The van der Waals surface area contributed by atoms with Crippen molar-refractivity contribution in [3.05, 3.63) is 102 Å². The third kappa shape index (κ3) is 16.3. The molecule has 0 aliphatic carbocycles. The van der Waals surface area contributed by atoms with Crippen LogP contribution >= 0.6 is 0 Å². The number of hydrogen-bond donors (Lipinski definition) is 4. The fourth-order valence-electron chi connectivity index (χ4n) is 5.62. The van der Waals surface area contributed by atoms with E-state index >= 15 is 0 Å². The smallest absolute Gasteiger partial charge is 0.342 e. The molecule has 2 rings (SSSR count). The number of cyclic esters (lactones) is 1. The topological polar surface area (TPSA) is 180 Å². The number of carbonyl (C=O) groups excluding carboxylic acids is 5. The van der Waals surface area contributed by atoms with Crippen molar-refractivity contribution in [2.24, 2.45) is 17.8 Å². The summed E-state index contributed by atoms with van der Waals surface area (Å²) in [6.07, 6.45) is 18.7. The minimum atomic E-state index is -0.980. The molecule has 0 fully saturated rings. The lowest BCUT2D eigenvalue weighted by Crippen LogP contribution is -2.37. The number of imide groups is 1. The van der Waals surface area contributed by atoms with Crippen molar-refractivity contribution in [1.29, 1.82) is 0 Å². The van der Waals surface area contributed by atoms with Crippen LogP contribution in [0.2, 0.25) is 0 Å². The molecule has 0 radical (unpaired) electrons. The largest absolute Gasteiger partial charge is 0.507 e. The minimum absolute atomic E-state index is 0.0289. The van der Waals surface area contributed by atoms with Crippen molar-refractivity contribution in [2.75, 3.05) is 0 Å². The maximum atomic E-state index is 13.4. The number of fused-ring (bicyclic) bond motifs is 1. The number of rotatable bonds is 17. The summed E-state index contributed by atoms with van der Waals surface area (Å²) in [4.78, 5) is 65.3. The zero-order valence-corrected chi connectivity index (χ0v) is 33.5. The molecule has 306 valence electrons. The molecule has 1 unspecified atom stereocenters. The number of allylic oxidation sites excluding steroid dienone is 7. The van der Waals surface area contributed by atoms with Crippen LogP contribution in [-0.2, 0) is 30.3 Å². The molecular weight excluding hydrogens is 716 g/mol. The number of hydrogen-bond acceptors (Lipinski definition) is 10. The van der Waals surface area contributed by atoms with Crippen LogP contribution in [0.1, 0.15) is 102 Å². The number of ether oxygens (including phenoxy) is 2. The van der Waals surface area contributed by atoms with Crippen molar-refractivity contribution < 1.29 is 48.8 Å². The van der Waals surface area contributed by atoms with Gasteiger partial charge < -0.3 is 30.1 Å². The van der Waals surface area contributed by atoms with Gasteiger partial charge in [-0.15, -0.1) is 0 Å². The number of ketones is 1. The zero-order chi connectivity index (χ0) is 41.6. The van der Waals surface area contributed by atoms with Crippen molar-refractivity contribution in [3.63, 3.8) is 0 Å². The summed E-state index contributed by atoms with van der Waals surface area (Å²) in [6, 6.07) is 3.96. The Bertz CT molecular complexity index is 1640. The Morgan fingerprint density at radius 2 is 1.82 bits per heavy atom. The number of urea groups is 1. The summed E-state index contributed by atoms with van der Waals surface area (Å²) in [7, 11) is 0. The van der Waals surface area contributed by atoms with E-state index in [-0.39, 0.29) is 54.6 Å². The van der Waals surface area contributed by atoms with Crippen LogP contribution < -0.4 is 5.32 Å². The lowest BCUT2D eigenvalue weighted by Gasteiger charge is -2.25. The van der Waals surface area contributed by atoms with Gasteiger partial charge in [0.15, 0.2) is 0 Å². The summed E-state index contributed by atoms with van der Waals surface area (Å²) < 4.78 is 11.4. The molecule has 1 aliphatic heterocycles. The predicted octanol–water partition coefficient (Wildman–Crippen LogP) is 7.17. The van der Waals surface area contributed by atoms with E-state index in [1.165, 1.54) is 56.6 Å². The van der Waals surface area contributed by atoms with E-state index in [0.717, 1.165) is 11.3 Å². The average Bonchev–Trinajstić information content (AvgIpc) is 3.15. The second kappa shape index (κ2) is 25.2. The maximum absolute atomic E-state index is 13.4. The summed E-state index contributed by atoms with van der Waals surface area (Å²) in [5.41, 5.74) is 0.621. The van der Waals surface area contributed by atoms with Crippen LogP contribution in [0.5, 0.6) is 5.75 Å². The molecule has 4 N–H and O–H groups in total. The van der Waals surface area contributed by atoms with Gasteiger partial charge in [0, 0.05) is 44.2 Å². The molecule has 1 aliphatic rings. The molecule has 1 heterocycles. The van der Waals surface area contributed by atoms with Gasteiger partial charge in [-0.25, -0.2) is 14.5 Å². The molecule has 0 aromatic heterocycles. The van der Waals surface area contributed by atoms with E-state index in [4.69, 9.17) is 9.47 Å². The van der Waals surface area contributed by atoms with Crippen LogP contribution in [0.25, 0.3) is 0 Å². The fraction of sp³-hybridized carbons (Fsp3) is 0.477. The van der Waals surface area contributed by atoms with E-state index in [9.17, 15) is 39.3 Å². The maximum Gasteiger partial charge on any atom is 0.342 e. The highest BCUT2D eigenvalue weighted by atomic mass is 16.5. The van der Waals surface area contributed by atoms with E-state index in [1.54, 1.807) is 18.2 Å². The number of aliphatic hydroxyl groups is 2. The Morgan fingerprint density at radius 1 is 1.07 bits per heavy atom. The van der Waals surface area contributed by atoms with Gasteiger partial charge in [0.2, 0.25) is 0 Å². The summed E-state index contributed by atoms with van der Waals surface area (Å²) in [6.45, 7) is 10.3. The first kappa shape index (κ1) is 47.1. The number of phenols is 1. The predicted molar refractivity (Wildman–Crippen MR) is 215 cm³/mol. The number of aromatic hydroxyl groups is 1. The number of phenolic OH excluding ortho intramolecular Hbond substituents is 1. The monoisotopic (exact) mass is 776 g/mol. The molecule has 12 heteroatoms. The summed E-state index contributed by atoms with van der Waals surface area (Å²) >= 11 is 0. The van der Waals surface area contributed by atoms with E-state index in [2.05, 4.69) is 5.32 Å². The fourth-order valence-corrected chi connectivity index (χ4v) is 5.62. The second-order valence-corrected chi connectivity index (χ2v) is 14.1. The second-order valence-electron chi connectivity index (χ2n) is 14.1. The van der Waals surface area contributed by atoms with Crippen molar-refractivity contribution in [2.45, 2.75) is 117 Å². The van der Waals surface area contributed by atoms with Crippen LogP contribution in [-0.4, -0.2) is 74.3 Å². The Labute approximate surface area is 331 Å². The number of benzene rings is 1. The van der Waals surface area contributed by atoms with Gasteiger partial charge in [0.25, 0.3) is 5.91 Å². The lowest BCUT2D eigenvalue weighted by molar-refractivity contribution is -0.157. The molecule has 12 nitrogen and oxygen atoms in total. The lowest BCUT2D eigenvalue weighted by atomic mass is 9.93. The number of nitrogens with zero attached hydrogens (tertiary/aromatic N) is 1. The van der Waals surface area contributed by atoms with Gasteiger partial charge in [0.1, 0.15) is 35.2 Å². The number of esters is 2. The van der Waals surface area contributed by atoms with E-state index in [0.29, 0.717) is 24.8 Å². The van der Waals surface area contributed by atoms with Gasteiger partial charge in [-0.1, -0.05) is 87.6 Å².